The van der Waals surface area contributed by atoms with E-state index in [-0.39, 0.29) is 12.4 Å². The van der Waals surface area contributed by atoms with Crippen molar-refractivity contribution < 1.29 is 8.60 Å². The van der Waals surface area contributed by atoms with E-state index in [4.69, 9.17) is 10.7 Å². The van der Waals surface area contributed by atoms with Gasteiger partial charge >= 0.3 is 0 Å². The van der Waals surface area contributed by atoms with Gasteiger partial charge in [0.25, 0.3) is 0 Å². The number of thioether (sulfide) groups is 1. The molecule has 1 aromatic carbocycles. The lowest BCUT2D eigenvalue weighted by Gasteiger charge is -2.35. The molecule has 2 heterocycles. The highest BCUT2D eigenvalue weighted by Gasteiger charge is 2.51. The molecule has 31 heavy (non-hydrogen) atoms. The van der Waals surface area contributed by atoms with Crippen LogP contribution in [0.4, 0.5) is 4.39 Å². The number of amidine groups is 1. The maximum Gasteiger partial charge on any atom is 0.175 e. The normalized spacial score (nSPS) is 25.8. The summed E-state index contributed by atoms with van der Waals surface area (Å²) in [4.78, 5) is 8.91. The van der Waals surface area contributed by atoms with E-state index in [0.717, 1.165) is 16.2 Å². The van der Waals surface area contributed by atoms with E-state index in [1.165, 1.54) is 18.0 Å². The lowest BCUT2D eigenvalue weighted by atomic mass is 9.82. The summed E-state index contributed by atoms with van der Waals surface area (Å²) in [5.74, 6) is 0.997. The van der Waals surface area contributed by atoms with Crippen molar-refractivity contribution in [2.45, 2.75) is 10.4 Å². The smallest absolute Gasteiger partial charge is 0.175 e. The minimum absolute atomic E-state index is 0.180. The molecule has 5 nitrogen and oxygen atoms in total. The Balaban J connectivity index is 1.72. The largest absolute Gasteiger partial charge is 0.379 e. The zero-order valence-corrected chi connectivity index (χ0v) is 18.6. The van der Waals surface area contributed by atoms with Gasteiger partial charge in [0.05, 0.1) is 4.90 Å². The van der Waals surface area contributed by atoms with Gasteiger partial charge in [0.15, 0.2) is 11.6 Å². The molecule has 2 aliphatic heterocycles. The first-order chi connectivity index (χ1) is 15.1. The van der Waals surface area contributed by atoms with Crippen LogP contribution in [0.25, 0.3) is 0 Å². The van der Waals surface area contributed by atoms with Crippen molar-refractivity contribution in [2.24, 2.45) is 21.6 Å². The molecule has 1 fully saturated rings. The van der Waals surface area contributed by atoms with Crippen LogP contribution in [0.1, 0.15) is 0 Å². The Morgan fingerprint density at radius 2 is 1.97 bits per heavy atom. The Labute approximate surface area is 189 Å². The van der Waals surface area contributed by atoms with Gasteiger partial charge in [-0.15, -0.1) is 0 Å². The fourth-order valence-corrected chi connectivity index (χ4v) is 5.84. The van der Waals surface area contributed by atoms with E-state index in [1.807, 2.05) is 65.0 Å². The molecule has 0 saturated carbocycles. The Kier molecular flexibility index (Phi) is 8.34. The van der Waals surface area contributed by atoms with Crippen LogP contribution in [0.2, 0.25) is 0 Å². The minimum atomic E-state index is -1.26. The average molecular weight is 457 g/mol. The van der Waals surface area contributed by atoms with Gasteiger partial charge < -0.3 is 5.73 Å². The van der Waals surface area contributed by atoms with Crippen molar-refractivity contribution in [2.75, 3.05) is 18.8 Å². The van der Waals surface area contributed by atoms with Crippen LogP contribution in [0, 0.1) is 5.92 Å². The Bertz CT molecular complexity index is 985. The third-order valence-corrected chi connectivity index (χ3v) is 7.45. The zero-order valence-electron chi connectivity index (χ0n) is 17.0. The van der Waals surface area contributed by atoms with Gasteiger partial charge in [-0.1, -0.05) is 73.0 Å². The molecule has 0 amide bonds. The van der Waals surface area contributed by atoms with E-state index >= 15 is 0 Å². The van der Waals surface area contributed by atoms with E-state index < -0.39 is 16.5 Å². The number of aliphatic imine (C=N–C) groups is 2. The highest BCUT2D eigenvalue weighted by Crippen LogP contribution is 2.43. The van der Waals surface area contributed by atoms with E-state index in [9.17, 15) is 8.60 Å². The number of allylic oxidation sites excluding steroid dienone is 6. The molecule has 0 aliphatic carbocycles. The first-order valence-electron chi connectivity index (χ1n) is 9.74. The summed E-state index contributed by atoms with van der Waals surface area (Å²) in [5, 5.41) is 0.541. The fourth-order valence-electron chi connectivity index (χ4n) is 3.54. The van der Waals surface area contributed by atoms with Gasteiger partial charge in [0.1, 0.15) is 16.5 Å². The van der Waals surface area contributed by atoms with Crippen molar-refractivity contribution in [1.29, 1.82) is 0 Å². The lowest BCUT2D eigenvalue weighted by Crippen LogP contribution is -2.43. The van der Waals surface area contributed by atoms with Crippen LogP contribution < -0.4 is 5.73 Å². The van der Waals surface area contributed by atoms with Gasteiger partial charge in [0.2, 0.25) is 0 Å². The summed E-state index contributed by atoms with van der Waals surface area (Å²) in [6.45, 7) is 5.70. The molecule has 1 unspecified atom stereocenters. The summed E-state index contributed by atoms with van der Waals surface area (Å²) in [7, 11) is -1.26. The van der Waals surface area contributed by atoms with Crippen molar-refractivity contribution in [3.8, 4) is 0 Å². The molecule has 1 saturated heterocycles. The first kappa shape index (κ1) is 23.1. The van der Waals surface area contributed by atoms with Crippen molar-refractivity contribution >= 4 is 34.4 Å². The molecule has 0 aromatic heterocycles. The molecule has 1 aromatic rings. The van der Waals surface area contributed by atoms with Gasteiger partial charge in [-0.05, 0) is 23.8 Å². The molecule has 2 aliphatic rings. The lowest BCUT2D eigenvalue weighted by molar-refractivity contribution is 0.442. The number of nitrogens with zero attached hydrogens (tertiary/aromatic N) is 3. The molecular formula is C23H25FN4OS2. The summed E-state index contributed by atoms with van der Waals surface area (Å²) in [6.07, 6.45) is 14.1. The predicted octanol–water partition coefficient (Wildman–Crippen LogP) is 4.18. The number of halogens is 1. The van der Waals surface area contributed by atoms with Crippen LogP contribution in [0.5, 0.6) is 0 Å². The molecule has 0 radical (unpaired) electrons. The number of fused-ring (bicyclic) bond motifs is 1. The van der Waals surface area contributed by atoms with E-state index in [1.54, 1.807) is 12.2 Å². The van der Waals surface area contributed by atoms with Gasteiger partial charge in [-0.25, -0.2) is 18.5 Å². The topological polar surface area (TPSA) is 71.0 Å². The molecule has 3 atom stereocenters. The summed E-state index contributed by atoms with van der Waals surface area (Å²) in [6, 6.07) is 9.46. The number of hydrogen-bond acceptors (Lipinski definition) is 5. The molecule has 0 spiro atoms. The predicted molar refractivity (Wildman–Crippen MR) is 130 cm³/mol. The summed E-state index contributed by atoms with van der Waals surface area (Å²) < 4.78 is 26.8. The van der Waals surface area contributed by atoms with Crippen LogP contribution in [0.3, 0.4) is 0 Å². The second-order valence-corrected chi connectivity index (χ2v) is 9.54. The third-order valence-electron chi connectivity index (χ3n) is 5.08. The maximum atomic E-state index is 13.1. The number of benzene rings is 1. The Morgan fingerprint density at radius 1 is 1.26 bits per heavy atom. The van der Waals surface area contributed by atoms with Crippen LogP contribution in [0.15, 0.2) is 106 Å². The molecule has 162 valence electrons. The molecular weight excluding hydrogens is 431 g/mol. The molecule has 0 bridgehead atoms. The highest BCUT2D eigenvalue weighted by molar-refractivity contribution is 8.13. The molecule has 8 heteroatoms. The minimum Gasteiger partial charge on any atom is -0.379 e. The van der Waals surface area contributed by atoms with Crippen molar-refractivity contribution in [3.05, 3.63) is 91.2 Å². The van der Waals surface area contributed by atoms with Crippen LogP contribution >= 0.6 is 11.8 Å². The Hall–Kier alpha value is -2.55. The summed E-state index contributed by atoms with van der Waals surface area (Å²) in [5.41, 5.74) is 6.35. The Morgan fingerprint density at radius 3 is 2.71 bits per heavy atom. The van der Waals surface area contributed by atoms with Gasteiger partial charge in [-0.2, -0.15) is 4.39 Å². The number of nitrogens with two attached hydrogens (primary N) is 1. The monoisotopic (exact) mass is 456 g/mol. The molecule has 2 N–H and O–H groups in total. The standard InChI is InChI=1S/C23H25FN4OS2/c1-19(11-7-4-2-3-5-10-14-26-18-24)23-17-28(15-20(23)16-30-22(25)27-23)31(29)21-12-8-6-9-13-21/h2-14,18,20H,1,15-17H2,(H2,25,27)/b4-2+,5-3+,11-7-,14-10-,26-18?/t20-,23+,31?/m0/s1. The van der Waals surface area contributed by atoms with Crippen molar-refractivity contribution in [3.63, 3.8) is 0 Å². The quantitative estimate of drug-likeness (QED) is 0.471. The highest BCUT2D eigenvalue weighted by atomic mass is 32.2. The second-order valence-electron chi connectivity index (χ2n) is 7.01. The van der Waals surface area contributed by atoms with E-state index in [2.05, 4.69) is 11.6 Å². The zero-order chi connectivity index (χ0) is 22.1. The second kappa shape index (κ2) is 11.2. The van der Waals surface area contributed by atoms with E-state index in [0.29, 0.717) is 18.3 Å². The van der Waals surface area contributed by atoms with Gasteiger partial charge in [0, 0.05) is 31.0 Å². The number of rotatable bonds is 8. The number of hydrogen-bond donors (Lipinski definition) is 1. The summed E-state index contributed by atoms with van der Waals surface area (Å²) >= 11 is 1.54. The van der Waals surface area contributed by atoms with Gasteiger partial charge in [-0.3, -0.25) is 0 Å². The fraction of sp³-hybridized carbons (Fsp3) is 0.217. The SMILES string of the molecule is C=C(\C=C/C=C/C=C/C=C\N=CF)[C@]12CN(S(=O)c3ccccc3)C[C@H]1CSC(N)=N2. The average Bonchev–Trinajstić information content (AvgIpc) is 3.18. The maximum absolute atomic E-state index is 13.1. The first-order valence-corrected chi connectivity index (χ1v) is 11.8. The van der Waals surface area contributed by atoms with Crippen LogP contribution in [-0.2, 0) is 11.0 Å². The third kappa shape index (κ3) is 5.78. The van der Waals surface area contributed by atoms with Crippen LogP contribution in [-0.4, -0.2) is 44.5 Å². The van der Waals surface area contributed by atoms with Crippen molar-refractivity contribution in [1.82, 2.24) is 4.31 Å². The molecule has 3 rings (SSSR count).